The van der Waals surface area contributed by atoms with Gasteiger partial charge in [-0.2, -0.15) is 0 Å². The van der Waals surface area contributed by atoms with Crippen molar-refractivity contribution in [2.45, 2.75) is 13.3 Å². The van der Waals surface area contributed by atoms with Crippen LogP contribution in [0, 0.1) is 17.5 Å². The second-order valence-electron chi connectivity index (χ2n) is 5.73. The highest BCUT2D eigenvalue weighted by Crippen LogP contribution is 2.40. The lowest BCUT2D eigenvalue weighted by atomic mass is 9.96. The summed E-state index contributed by atoms with van der Waals surface area (Å²) in [7, 11) is 1.47. The molecule has 144 valence electrons. The molecule has 1 atom stereocenters. The predicted octanol–water partition coefficient (Wildman–Crippen LogP) is 5.98. The van der Waals surface area contributed by atoms with Crippen molar-refractivity contribution in [1.29, 1.82) is 0 Å². The third-order valence-electron chi connectivity index (χ3n) is 3.75. The van der Waals surface area contributed by atoms with E-state index in [2.05, 4.69) is 6.58 Å². The highest BCUT2D eigenvalue weighted by Gasteiger charge is 2.23. The summed E-state index contributed by atoms with van der Waals surface area (Å²) in [6, 6.07) is 4.74. The van der Waals surface area contributed by atoms with E-state index in [1.807, 2.05) is 6.92 Å². The molecule has 2 rings (SSSR count). The topological polar surface area (TPSA) is 29.5 Å². The number of rotatable bonds is 7. The first kappa shape index (κ1) is 21.3. The quantitative estimate of drug-likeness (QED) is 0.343. The monoisotopic (exact) mass is 414 g/mol. The molecule has 2 aromatic rings. The minimum Gasteiger partial charge on any atom is -0.509 e. The number of hydrogen-bond donors (Lipinski definition) is 1. The Morgan fingerprint density at radius 1 is 1.26 bits per heavy atom. The van der Waals surface area contributed by atoms with E-state index in [9.17, 15) is 18.3 Å². The van der Waals surface area contributed by atoms with Crippen molar-refractivity contribution < 1.29 is 23.0 Å². The van der Waals surface area contributed by atoms with Crippen molar-refractivity contribution in [3.63, 3.8) is 0 Å². The molecule has 0 aliphatic carbocycles. The predicted molar refractivity (Wildman–Crippen MR) is 106 cm³/mol. The Bertz CT molecular complexity index is 897. The van der Waals surface area contributed by atoms with Crippen molar-refractivity contribution in [2.75, 3.05) is 13.3 Å². The zero-order valence-electron chi connectivity index (χ0n) is 14.9. The molecule has 7 heteroatoms. The van der Waals surface area contributed by atoms with Gasteiger partial charge in [-0.3, -0.25) is 0 Å². The molecule has 0 fully saturated rings. The molecule has 0 saturated heterocycles. The van der Waals surface area contributed by atoms with Crippen LogP contribution in [0.1, 0.15) is 24.5 Å². The van der Waals surface area contributed by atoms with Gasteiger partial charge in [-0.15, -0.1) is 0 Å². The maximum Gasteiger partial charge on any atom is 0.173 e. The van der Waals surface area contributed by atoms with Gasteiger partial charge in [0.25, 0.3) is 0 Å². The minimum absolute atomic E-state index is 0.153. The number of benzene rings is 2. The third kappa shape index (κ3) is 4.85. The first-order chi connectivity index (χ1) is 12.8. The standard InChI is InChI=1S/C20H19ClF3O2P/c1-4-7-27-17-9-12(22)5-6-13(17)14(8-11(2)25)18-15(23)10-16(24)20(26-3)19(18)21/h5-6,8-10,25,27H,2,4,7H2,1,3H3/b14-8-. The zero-order chi connectivity index (χ0) is 20.1. The summed E-state index contributed by atoms with van der Waals surface area (Å²) in [6.45, 7) is 5.41. The fourth-order valence-electron chi connectivity index (χ4n) is 2.61. The van der Waals surface area contributed by atoms with Crippen LogP contribution in [0.5, 0.6) is 5.75 Å². The number of halogens is 4. The SMILES string of the molecule is C=C(O)/C=C(/c1ccc(F)cc1PCCC)c1c(F)cc(F)c(OC)c1Cl. The molecule has 2 nitrogen and oxygen atoms in total. The lowest BCUT2D eigenvalue weighted by Crippen LogP contribution is -2.09. The summed E-state index contributed by atoms with van der Waals surface area (Å²) in [6.07, 6.45) is 2.92. The summed E-state index contributed by atoms with van der Waals surface area (Å²) in [5.74, 6) is -2.97. The molecule has 0 bridgehead atoms. The van der Waals surface area contributed by atoms with Crippen molar-refractivity contribution in [3.05, 3.63) is 76.3 Å². The number of hydrogen-bond acceptors (Lipinski definition) is 2. The largest absolute Gasteiger partial charge is 0.509 e. The molecule has 1 N–H and O–H groups in total. The summed E-state index contributed by atoms with van der Waals surface area (Å²) in [5, 5.41) is 10.1. The van der Waals surface area contributed by atoms with Gasteiger partial charge >= 0.3 is 0 Å². The lowest BCUT2D eigenvalue weighted by molar-refractivity contribution is 0.384. The number of methoxy groups -OCH3 is 1. The third-order valence-corrected chi connectivity index (χ3v) is 5.65. The molecule has 2 aromatic carbocycles. The van der Waals surface area contributed by atoms with Gasteiger partial charge in [0.05, 0.1) is 12.1 Å². The van der Waals surface area contributed by atoms with Crippen LogP contribution in [-0.2, 0) is 0 Å². The first-order valence-electron chi connectivity index (χ1n) is 8.15. The van der Waals surface area contributed by atoms with Crippen LogP contribution in [0.4, 0.5) is 13.2 Å². The van der Waals surface area contributed by atoms with Gasteiger partial charge in [0.15, 0.2) is 11.6 Å². The molecule has 0 amide bonds. The summed E-state index contributed by atoms with van der Waals surface area (Å²) in [5.41, 5.74) is 0.494. The maximum atomic E-state index is 14.7. The Morgan fingerprint density at radius 2 is 1.96 bits per heavy atom. The van der Waals surface area contributed by atoms with E-state index in [4.69, 9.17) is 16.3 Å². The van der Waals surface area contributed by atoms with Gasteiger partial charge in [-0.05, 0) is 40.8 Å². The smallest absolute Gasteiger partial charge is 0.173 e. The fourth-order valence-corrected chi connectivity index (χ4v) is 4.14. The molecule has 0 aromatic heterocycles. The normalized spacial score (nSPS) is 12.0. The highest BCUT2D eigenvalue weighted by atomic mass is 35.5. The number of aliphatic hydroxyl groups is 1. The molecule has 0 aliphatic heterocycles. The van der Waals surface area contributed by atoms with E-state index < -0.39 is 17.5 Å². The maximum absolute atomic E-state index is 14.7. The molecule has 0 spiro atoms. The van der Waals surface area contributed by atoms with Crippen LogP contribution in [0.3, 0.4) is 0 Å². The van der Waals surface area contributed by atoms with Crippen molar-refractivity contribution in [3.8, 4) is 5.75 Å². The van der Waals surface area contributed by atoms with E-state index >= 15 is 0 Å². The van der Waals surface area contributed by atoms with Gasteiger partial charge in [-0.25, -0.2) is 13.2 Å². The van der Waals surface area contributed by atoms with Crippen molar-refractivity contribution in [2.24, 2.45) is 0 Å². The summed E-state index contributed by atoms with van der Waals surface area (Å²) in [4.78, 5) is 0. The number of ether oxygens (including phenoxy) is 1. The van der Waals surface area contributed by atoms with E-state index in [-0.39, 0.29) is 36.2 Å². The van der Waals surface area contributed by atoms with Crippen LogP contribution < -0.4 is 10.0 Å². The molecule has 0 aliphatic rings. The molecular weight excluding hydrogens is 396 g/mol. The van der Waals surface area contributed by atoms with Gasteiger partial charge in [0, 0.05) is 11.6 Å². The van der Waals surface area contributed by atoms with E-state index in [0.29, 0.717) is 16.9 Å². The van der Waals surface area contributed by atoms with E-state index in [1.54, 1.807) is 0 Å². The number of allylic oxidation sites excluding steroid dienone is 1. The van der Waals surface area contributed by atoms with E-state index in [0.717, 1.165) is 12.6 Å². The van der Waals surface area contributed by atoms with Crippen LogP contribution in [0.15, 0.2) is 42.7 Å². The van der Waals surface area contributed by atoms with Crippen molar-refractivity contribution >= 4 is 31.1 Å². The minimum atomic E-state index is -0.946. The van der Waals surface area contributed by atoms with Gasteiger partial charge < -0.3 is 9.84 Å². The Labute approximate surface area is 163 Å². The van der Waals surface area contributed by atoms with E-state index in [1.165, 1.54) is 31.4 Å². The average Bonchev–Trinajstić information content (AvgIpc) is 2.59. The average molecular weight is 415 g/mol. The highest BCUT2D eigenvalue weighted by molar-refractivity contribution is 7.47. The Balaban J connectivity index is 2.79. The zero-order valence-corrected chi connectivity index (χ0v) is 16.6. The number of aliphatic hydroxyl groups excluding tert-OH is 1. The van der Waals surface area contributed by atoms with Gasteiger partial charge in [0.2, 0.25) is 0 Å². The molecule has 0 heterocycles. The van der Waals surface area contributed by atoms with Gasteiger partial charge in [0.1, 0.15) is 17.4 Å². The van der Waals surface area contributed by atoms with Crippen LogP contribution in [0.2, 0.25) is 5.02 Å². The molecule has 0 radical (unpaired) electrons. The first-order valence-corrected chi connectivity index (χ1v) is 9.73. The van der Waals surface area contributed by atoms with Crippen molar-refractivity contribution in [1.82, 2.24) is 0 Å². The Kier molecular flexibility index (Phi) is 7.34. The van der Waals surface area contributed by atoms with Crippen LogP contribution >= 0.6 is 20.2 Å². The molecule has 0 saturated carbocycles. The summed E-state index contributed by atoms with van der Waals surface area (Å²) >= 11 is 6.21. The van der Waals surface area contributed by atoms with Crippen LogP contribution in [-0.4, -0.2) is 18.4 Å². The Morgan fingerprint density at radius 3 is 2.56 bits per heavy atom. The molecule has 1 unspecified atom stereocenters. The lowest BCUT2D eigenvalue weighted by Gasteiger charge is -2.17. The Hall–Kier alpha value is -1.97. The van der Waals surface area contributed by atoms with Gasteiger partial charge in [-0.1, -0.05) is 46.2 Å². The van der Waals surface area contributed by atoms with Crippen LogP contribution in [0.25, 0.3) is 5.57 Å². The fraction of sp³-hybridized carbons (Fsp3) is 0.200. The second kappa shape index (κ2) is 9.29. The second-order valence-corrected chi connectivity index (χ2v) is 7.50. The summed E-state index contributed by atoms with van der Waals surface area (Å²) < 4.78 is 47.3. The molecule has 27 heavy (non-hydrogen) atoms. The molecular formula is C20H19ClF3O2P.